The third kappa shape index (κ3) is 6.02. The van der Waals surface area contributed by atoms with E-state index in [0.29, 0.717) is 34.5 Å². The molecule has 2 aromatic carbocycles. The fourth-order valence-electron chi connectivity index (χ4n) is 3.64. The third-order valence-corrected chi connectivity index (χ3v) is 5.50. The van der Waals surface area contributed by atoms with E-state index >= 15 is 0 Å². The predicted octanol–water partition coefficient (Wildman–Crippen LogP) is 5.99. The van der Waals surface area contributed by atoms with Crippen molar-refractivity contribution >= 4 is 24.2 Å². The summed E-state index contributed by atoms with van der Waals surface area (Å²) in [6, 6.07) is 8.25. The highest BCUT2D eigenvalue weighted by Crippen LogP contribution is 2.40. The topological polar surface area (TPSA) is 82.1 Å². The third-order valence-electron chi connectivity index (χ3n) is 5.50. The minimum atomic E-state index is -0.480. The molecule has 1 aliphatic heterocycles. The van der Waals surface area contributed by atoms with E-state index in [-0.39, 0.29) is 23.9 Å². The molecular weight excluding hydrogens is 432 g/mol. The summed E-state index contributed by atoms with van der Waals surface area (Å²) in [6.07, 6.45) is 11.2. The zero-order valence-electron chi connectivity index (χ0n) is 20.0. The molecule has 0 amide bonds. The van der Waals surface area contributed by atoms with Crippen LogP contribution in [0.15, 0.2) is 54.1 Å². The van der Waals surface area contributed by atoms with Gasteiger partial charge in [-0.05, 0) is 81.7 Å². The molecule has 0 saturated carbocycles. The van der Waals surface area contributed by atoms with Gasteiger partial charge >= 0.3 is 0 Å². The fraction of sp³-hybridized carbons (Fsp3) is 0.286. The van der Waals surface area contributed by atoms with Crippen LogP contribution in [0.3, 0.4) is 0 Å². The second kappa shape index (κ2) is 11.0. The van der Waals surface area contributed by atoms with E-state index in [9.17, 15) is 14.7 Å². The minimum absolute atomic E-state index is 0.0267. The first-order valence-corrected chi connectivity index (χ1v) is 11.1. The molecule has 0 radical (unpaired) electrons. The summed E-state index contributed by atoms with van der Waals surface area (Å²) in [4.78, 5) is 24.1. The van der Waals surface area contributed by atoms with Crippen LogP contribution in [0.1, 0.15) is 65.5 Å². The van der Waals surface area contributed by atoms with Gasteiger partial charge in [-0.1, -0.05) is 23.8 Å². The standard InChI is InChI=1S/C28H30O6/c1-19(2)6-5-14-28(3)15-13-23-26(34-28)12-9-22(27(23)31)24(30)10-7-20-8-11-25(33-18-32-4)21(16-20)17-29/h6-13,15-17,31H,5,14,18H2,1-4H3/b10-7+. The Bertz CT molecular complexity index is 1150. The highest BCUT2D eigenvalue weighted by atomic mass is 16.7. The second-order valence-corrected chi connectivity index (χ2v) is 8.61. The maximum Gasteiger partial charge on any atom is 0.189 e. The lowest BCUT2D eigenvalue weighted by Gasteiger charge is -2.32. The van der Waals surface area contributed by atoms with Crippen LogP contribution in [0.4, 0.5) is 0 Å². The number of ketones is 1. The van der Waals surface area contributed by atoms with Crippen LogP contribution in [-0.2, 0) is 4.74 Å². The number of hydrogen-bond acceptors (Lipinski definition) is 6. The van der Waals surface area contributed by atoms with Crippen molar-refractivity contribution < 1.29 is 28.9 Å². The normalized spacial score (nSPS) is 16.6. The van der Waals surface area contributed by atoms with Gasteiger partial charge in [0.1, 0.15) is 22.8 Å². The molecular formula is C28H30O6. The first kappa shape index (κ1) is 25.0. The Morgan fingerprint density at radius 1 is 1.21 bits per heavy atom. The summed E-state index contributed by atoms with van der Waals surface area (Å²) < 4.78 is 16.3. The number of methoxy groups -OCH3 is 1. The first-order chi connectivity index (χ1) is 16.3. The predicted molar refractivity (Wildman–Crippen MR) is 133 cm³/mol. The number of phenolic OH excluding ortho intramolecular Hbond substituents is 1. The van der Waals surface area contributed by atoms with Crippen molar-refractivity contribution in [1.29, 1.82) is 0 Å². The largest absolute Gasteiger partial charge is 0.506 e. The monoisotopic (exact) mass is 462 g/mol. The van der Waals surface area contributed by atoms with E-state index in [1.807, 2.05) is 19.1 Å². The van der Waals surface area contributed by atoms with Crippen molar-refractivity contribution in [3.63, 3.8) is 0 Å². The van der Waals surface area contributed by atoms with Gasteiger partial charge in [0.2, 0.25) is 0 Å². The van der Waals surface area contributed by atoms with Crippen molar-refractivity contribution in [2.45, 2.75) is 39.2 Å². The van der Waals surface area contributed by atoms with Crippen LogP contribution in [0.25, 0.3) is 12.2 Å². The molecule has 1 N–H and O–H groups in total. The Balaban J connectivity index is 1.76. The Morgan fingerprint density at radius 2 is 2.00 bits per heavy atom. The van der Waals surface area contributed by atoms with E-state index in [1.54, 1.807) is 36.4 Å². The Kier molecular flexibility index (Phi) is 8.08. The summed E-state index contributed by atoms with van der Waals surface area (Å²) in [7, 11) is 1.49. The summed E-state index contributed by atoms with van der Waals surface area (Å²) in [5, 5.41) is 10.8. The van der Waals surface area contributed by atoms with Crippen molar-refractivity contribution in [2.24, 2.45) is 0 Å². The molecule has 1 aliphatic rings. The molecule has 0 saturated heterocycles. The van der Waals surface area contributed by atoms with Crippen molar-refractivity contribution in [3.8, 4) is 17.2 Å². The number of ether oxygens (including phenoxy) is 3. The SMILES string of the molecule is COCOc1ccc(/C=C/C(=O)c2ccc3c(c2O)C=CC(C)(CCC=C(C)C)O3)cc1C=O. The van der Waals surface area contributed by atoms with Crippen LogP contribution in [0, 0.1) is 0 Å². The lowest BCUT2D eigenvalue weighted by Crippen LogP contribution is -2.31. The van der Waals surface area contributed by atoms with Gasteiger partial charge < -0.3 is 19.3 Å². The highest BCUT2D eigenvalue weighted by molar-refractivity contribution is 6.09. The molecule has 0 spiro atoms. The van der Waals surface area contributed by atoms with Gasteiger partial charge in [0.15, 0.2) is 18.9 Å². The molecule has 6 heteroatoms. The first-order valence-electron chi connectivity index (χ1n) is 11.1. The van der Waals surface area contributed by atoms with E-state index in [0.717, 1.165) is 12.8 Å². The van der Waals surface area contributed by atoms with Gasteiger partial charge in [0, 0.05) is 7.11 Å². The number of rotatable bonds is 10. The zero-order chi connectivity index (χ0) is 24.7. The molecule has 3 rings (SSSR count). The maximum absolute atomic E-state index is 12.8. The summed E-state index contributed by atoms with van der Waals surface area (Å²) in [5.41, 5.74) is 2.43. The molecule has 178 valence electrons. The molecule has 1 unspecified atom stereocenters. The smallest absolute Gasteiger partial charge is 0.189 e. The van der Waals surface area contributed by atoms with Crippen LogP contribution in [-0.4, -0.2) is 36.7 Å². The van der Waals surface area contributed by atoms with Crippen LogP contribution < -0.4 is 9.47 Å². The van der Waals surface area contributed by atoms with E-state index < -0.39 is 5.60 Å². The molecule has 0 aromatic heterocycles. The molecule has 1 heterocycles. The summed E-state index contributed by atoms with van der Waals surface area (Å²) >= 11 is 0. The molecule has 34 heavy (non-hydrogen) atoms. The average Bonchev–Trinajstić information content (AvgIpc) is 2.81. The van der Waals surface area contributed by atoms with Crippen LogP contribution in [0.5, 0.6) is 17.2 Å². The lowest BCUT2D eigenvalue weighted by molar-refractivity contribution is 0.0505. The van der Waals surface area contributed by atoms with Crippen molar-refractivity contribution in [1.82, 2.24) is 0 Å². The van der Waals surface area contributed by atoms with E-state index in [4.69, 9.17) is 14.2 Å². The Morgan fingerprint density at radius 3 is 2.71 bits per heavy atom. The number of fused-ring (bicyclic) bond motifs is 1. The van der Waals surface area contributed by atoms with Crippen molar-refractivity contribution in [2.75, 3.05) is 13.9 Å². The number of phenols is 1. The summed E-state index contributed by atoms with van der Waals surface area (Å²) in [5.74, 6) is 0.458. The average molecular weight is 463 g/mol. The van der Waals surface area contributed by atoms with Gasteiger partial charge in [-0.2, -0.15) is 0 Å². The number of aromatic hydroxyl groups is 1. The van der Waals surface area contributed by atoms with Gasteiger partial charge in [-0.3, -0.25) is 9.59 Å². The Hall–Kier alpha value is -3.64. The van der Waals surface area contributed by atoms with E-state index in [1.165, 1.54) is 18.8 Å². The maximum atomic E-state index is 12.8. The second-order valence-electron chi connectivity index (χ2n) is 8.61. The molecule has 1 atom stereocenters. The molecule has 6 nitrogen and oxygen atoms in total. The van der Waals surface area contributed by atoms with Gasteiger partial charge in [-0.25, -0.2) is 0 Å². The van der Waals surface area contributed by atoms with Crippen LogP contribution >= 0.6 is 0 Å². The number of carbonyl (C=O) groups excluding carboxylic acids is 2. The number of hydrogen-bond donors (Lipinski definition) is 1. The zero-order valence-corrected chi connectivity index (χ0v) is 20.0. The summed E-state index contributed by atoms with van der Waals surface area (Å²) in [6.45, 7) is 6.16. The minimum Gasteiger partial charge on any atom is -0.506 e. The molecule has 0 bridgehead atoms. The number of allylic oxidation sites excluding steroid dienone is 3. The number of aldehydes is 1. The molecule has 0 aliphatic carbocycles. The van der Waals surface area contributed by atoms with Gasteiger partial charge in [0.25, 0.3) is 0 Å². The van der Waals surface area contributed by atoms with Gasteiger partial charge in [0.05, 0.1) is 16.7 Å². The quantitative estimate of drug-likeness (QED) is 0.153. The van der Waals surface area contributed by atoms with Crippen molar-refractivity contribution in [3.05, 3.63) is 76.4 Å². The number of carbonyl (C=O) groups is 2. The fourth-order valence-corrected chi connectivity index (χ4v) is 3.64. The van der Waals surface area contributed by atoms with Gasteiger partial charge in [-0.15, -0.1) is 0 Å². The molecule has 0 fully saturated rings. The lowest BCUT2D eigenvalue weighted by atomic mass is 9.93. The Labute approximate surface area is 200 Å². The van der Waals surface area contributed by atoms with E-state index in [2.05, 4.69) is 19.9 Å². The van der Waals surface area contributed by atoms with Crippen LogP contribution in [0.2, 0.25) is 0 Å². The highest BCUT2D eigenvalue weighted by Gasteiger charge is 2.29. The molecule has 2 aromatic rings. The number of benzene rings is 2.